The van der Waals surface area contributed by atoms with Crippen molar-refractivity contribution >= 4 is 23.3 Å². The van der Waals surface area contributed by atoms with Crippen LogP contribution in [0.4, 0.5) is 11.4 Å². The number of hydrogen-bond donors (Lipinski definition) is 2. The summed E-state index contributed by atoms with van der Waals surface area (Å²) in [6, 6.07) is 8.73. The maximum Gasteiger partial charge on any atom is 0.340 e. The summed E-state index contributed by atoms with van der Waals surface area (Å²) in [5.41, 5.74) is 1.73. The minimum absolute atomic E-state index is 0.206. The Balaban J connectivity index is 2.23. The maximum atomic E-state index is 12.3. The highest BCUT2D eigenvalue weighted by atomic mass is 16.5. The summed E-state index contributed by atoms with van der Waals surface area (Å²) < 4.78 is 5.06. The topological polar surface area (TPSA) is 80.3 Å². The van der Waals surface area contributed by atoms with Crippen molar-refractivity contribution in [3.8, 4) is 0 Å². The molecule has 25 heavy (non-hydrogen) atoms. The molecule has 0 fully saturated rings. The van der Waals surface area contributed by atoms with Crippen LogP contribution in [-0.4, -0.2) is 29.0 Å². The lowest BCUT2D eigenvalue weighted by Crippen LogP contribution is -2.40. The Morgan fingerprint density at radius 3 is 2.56 bits per heavy atom. The molecular weight excluding hydrogens is 318 g/mol. The average molecular weight is 341 g/mol. The number of carbonyl (C=O) groups is 2. The van der Waals surface area contributed by atoms with Crippen LogP contribution < -0.4 is 10.6 Å². The van der Waals surface area contributed by atoms with Gasteiger partial charge in [0.1, 0.15) is 0 Å². The Hall–Kier alpha value is -2.89. The summed E-state index contributed by atoms with van der Waals surface area (Å²) in [4.78, 5) is 28.4. The first kappa shape index (κ1) is 18.4. The summed E-state index contributed by atoms with van der Waals surface area (Å²) in [6.07, 6.45) is 3.10. The van der Waals surface area contributed by atoms with E-state index in [2.05, 4.69) is 15.6 Å². The number of pyridine rings is 1. The van der Waals surface area contributed by atoms with Gasteiger partial charge >= 0.3 is 5.97 Å². The molecule has 0 saturated carbocycles. The lowest BCUT2D eigenvalue weighted by molar-refractivity contribution is 0.0527. The van der Waals surface area contributed by atoms with E-state index in [0.29, 0.717) is 29.1 Å². The van der Waals surface area contributed by atoms with E-state index in [1.165, 1.54) is 6.20 Å². The van der Waals surface area contributed by atoms with Gasteiger partial charge in [-0.15, -0.1) is 0 Å². The fourth-order valence-electron chi connectivity index (χ4n) is 2.18. The van der Waals surface area contributed by atoms with Gasteiger partial charge in [-0.05, 0) is 45.9 Å². The Bertz CT molecular complexity index is 767. The minimum Gasteiger partial charge on any atom is -0.462 e. The van der Waals surface area contributed by atoms with E-state index < -0.39 is 5.97 Å². The molecule has 6 heteroatoms. The van der Waals surface area contributed by atoms with E-state index in [9.17, 15) is 9.59 Å². The molecule has 0 radical (unpaired) electrons. The highest BCUT2D eigenvalue weighted by Gasteiger charge is 2.16. The molecule has 6 nitrogen and oxygen atoms in total. The third-order valence-electron chi connectivity index (χ3n) is 3.19. The third-order valence-corrected chi connectivity index (χ3v) is 3.19. The van der Waals surface area contributed by atoms with Crippen molar-refractivity contribution in [1.29, 1.82) is 0 Å². The van der Waals surface area contributed by atoms with Gasteiger partial charge in [-0.25, -0.2) is 4.79 Å². The second-order valence-electron chi connectivity index (χ2n) is 6.56. The molecule has 0 aliphatic heterocycles. The Labute approximate surface area is 147 Å². The van der Waals surface area contributed by atoms with E-state index in [0.717, 1.165) is 0 Å². The maximum absolute atomic E-state index is 12.3. The van der Waals surface area contributed by atoms with E-state index >= 15 is 0 Å². The zero-order valence-electron chi connectivity index (χ0n) is 14.9. The van der Waals surface area contributed by atoms with Gasteiger partial charge in [-0.2, -0.15) is 0 Å². The van der Waals surface area contributed by atoms with Gasteiger partial charge in [0.2, 0.25) is 0 Å². The minimum atomic E-state index is -0.403. The number of hydrogen-bond acceptors (Lipinski definition) is 5. The van der Waals surface area contributed by atoms with E-state index in [4.69, 9.17) is 4.74 Å². The van der Waals surface area contributed by atoms with Gasteiger partial charge in [-0.1, -0.05) is 12.1 Å². The van der Waals surface area contributed by atoms with Gasteiger partial charge < -0.3 is 15.4 Å². The van der Waals surface area contributed by atoms with Gasteiger partial charge in [0, 0.05) is 11.7 Å². The fraction of sp³-hybridized carbons (Fsp3) is 0.316. The first-order valence-corrected chi connectivity index (χ1v) is 8.11. The first-order chi connectivity index (χ1) is 11.8. The number of para-hydroxylation sites is 1. The first-order valence-electron chi connectivity index (χ1n) is 8.11. The molecular formula is C19H23N3O3. The number of nitrogens with zero attached hydrogens (tertiary/aromatic N) is 1. The molecule has 0 spiro atoms. The second-order valence-corrected chi connectivity index (χ2v) is 6.56. The van der Waals surface area contributed by atoms with Crippen LogP contribution >= 0.6 is 0 Å². The SMILES string of the molecule is CCOC(=O)c1ccccc1Nc1cncc(C(=O)NC(C)(C)C)c1. The number of carbonyl (C=O) groups excluding carboxylic acids is 2. The number of amides is 1. The zero-order chi connectivity index (χ0) is 18.4. The van der Waals surface area contributed by atoms with Crippen molar-refractivity contribution in [2.45, 2.75) is 33.2 Å². The predicted molar refractivity (Wildman–Crippen MR) is 97.1 cm³/mol. The lowest BCUT2D eigenvalue weighted by atomic mass is 10.1. The quantitative estimate of drug-likeness (QED) is 0.813. The van der Waals surface area contributed by atoms with Crippen LogP contribution in [0.3, 0.4) is 0 Å². The van der Waals surface area contributed by atoms with Gasteiger partial charge in [0.25, 0.3) is 5.91 Å². The number of rotatable bonds is 5. The van der Waals surface area contributed by atoms with Crippen LogP contribution in [-0.2, 0) is 4.74 Å². The Morgan fingerprint density at radius 2 is 1.88 bits per heavy atom. The van der Waals surface area contributed by atoms with Crippen LogP contribution in [0.1, 0.15) is 48.4 Å². The molecule has 2 aromatic rings. The molecule has 2 N–H and O–H groups in total. The molecule has 1 heterocycles. The number of anilines is 2. The van der Waals surface area contributed by atoms with Gasteiger partial charge in [0.05, 0.1) is 35.3 Å². The molecule has 1 amide bonds. The number of esters is 1. The molecule has 0 atom stereocenters. The molecule has 1 aromatic carbocycles. The average Bonchev–Trinajstić information content (AvgIpc) is 2.54. The second kappa shape index (κ2) is 7.79. The molecule has 0 unspecified atom stereocenters. The van der Waals surface area contributed by atoms with E-state index in [1.54, 1.807) is 37.4 Å². The number of nitrogens with one attached hydrogen (secondary N) is 2. The molecule has 132 valence electrons. The third kappa shape index (κ3) is 5.31. The molecule has 2 rings (SSSR count). The summed E-state index contributed by atoms with van der Waals surface area (Å²) in [5.74, 6) is -0.609. The van der Waals surface area contributed by atoms with Crippen LogP contribution in [0, 0.1) is 0 Å². The summed E-state index contributed by atoms with van der Waals surface area (Å²) in [5, 5.41) is 6.02. The molecule has 1 aromatic heterocycles. The summed E-state index contributed by atoms with van der Waals surface area (Å²) >= 11 is 0. The lowest BCUT2D eigenvalue weighted by Gasteiger charge is -2.20. The Morgan fingerprint density at radius 1 is 1.16 bits per heavy atom. The van der Waals surface area contributed by atoms with Crippen LogP contribution in [0.2, 0.25) is 0 Å². The molecule has 0 aliphatic carbocycles. The van der Waals surface area contributed by atoms with E-state index in [1.807, 2.05) is 26.8 Å². The molecule has 0 bridgehead atoms. The van der Waals surface area contributed by atoms with Crippen molar-refractivity contribution in [2.75, 3.05) is 11.9 Å². The van der Waals surface area contributed by atoms with Crippen LogP contribution in [0.5, 0.6) is 0 Å². The van der Waals surface area contributed by atoms with Crippen molar-refractivity contribution in [1.82, 2.24) is 10.3 Å². The number of ether oxygens (including phenoxy) is 1. The largest absolute Gasteiger partial charge is 0.462 e. The number of benzene rings is 1. The number of aromatic nitrogens is 1. The normalized spacial score (nSPS) is 10.9. The molecule has 0 aliphatic rings. The standard InChI is InChI=1S/C19H23N3O3/c1-5-25-18(24)15-8-6-7-9-16(15)21-14-10-13(11-20-12-14)17(23)22-19(2,3)4/h6-12,21H,5H2,1-4H3,(H,22,23). The van der Waals surface area contributed by atoms with E-state index in [-0.39, 0.29) is 11.4 Å². The van der Waals surface area contributed by atoms with Crippen LogP contribution in [0.15, 0.2) is 42.7 Å². The van der Waals surface area contributed by atoms with Crippen molar-refractivity contribution in [3.63, 3.8) is 0 Å². The van der Waals surface area contributed by atoms with Crippen molar-refractivity contribution < 1.29 is 14.3 Å². The van der Waals surface area contributed by atoms with Gasteiger partial charge in [0.15, 0.2) is 0 Å². The summed E-state index contributed by atoms with van der Waals surface area (Å²) in [6.45, 7) is 7.80. The highest BCUT2D eigenvalue weighted by Crippen LogP contribution is 2.22. The molecule has 0 saturated heterocycles. The summed E-state index contributed by atoms with van der Waals surface area (Å²) in [7, 11) is 0. The predicted octanol–water partition coefficient (Wildman–Crippen LogP) is 3.53. The van der Waals surface area contributed by atoms with Crippen LogP contribution in [0.25, 0.3) is 0 Å². The fourth-order valence-corrected chi connectivity index (χ4v) is 2.18. The van der Waals surface area contributed by atoms with Crippen molar-refractivity contribution in [2.24, 2.45) is 0 Å². The smallest absolute Gasteiger partial charge is 0.340 e. The van der Waals surface area contributed by atoms with Gasteiger partial charge in [-0.3, -0.25) is 9.78 Å². The zero-order valence-corrected chi connectivity index (χ0v) is 14.9. The van der Waals surface area contributed by atoms with Crippen molar-refractivity contribution in [3.05, 3.63) is 53.9 Å². The monoisotopic (exact) mass is 341 g/mol. The Kier molecular flexibility index (Phi) is 5.75. The highest BCUT2D eigenvalue weighted by molar-refractivity contribution is 5.97.